The minimum Gasteiger partial charge on any atom is -0.495 e. The van der Waals surface area contributed by atoms with E-state index >= 15 is 0 Å². The maximum Gasteiger partial charge on any atom is 0.265 e. The van der Waals surface area contributed by atoms with E-state index in [0.29, 0.717) is 17.1 Å². The number of piperidine rings is 1. The first-order chi connectivity index (χ1) is 15.8. The molecule has 33 heavy (non-hydrogen) atoms. The van der Waals surface area contributed by atoms with Gasteiger partial charge in [-0.1, -0.05) is 18.6 Å². The highest BCUT2D eigenvalue weighted by Gasteiger charge is 2.52. The molecule has 8 nitrogen and oxygen atoms in total. The van der Waals surface area contributed by atoms with Crippen molar-refractivity contribution < 1.29 is 22.7 Å². The molecule has 1 amide bonds. The predicted octanol–water partition coefficient (Wildman–Crippen LogP) is 3.34. The average Bonchev–Trinajstić information content (AvgIpc) is 3.07. The third-order valence-electron chi connectivity index (χ3n) is 7.07. The molecule has 3 aliphatic rings. The number of carbonyl (C=O) groups excluding carboxylic acids is 1. The van der Waals surface area contributed by atoms with Crippen LogP contribution in [0.4, 0.5) is 11.4 Å². The Morgan fingerprint density at radius 1 is 1.12 bits per heavy atom. The van der Waals surface area contributed by atoms with Crippen molar-refractivity contribution in [2.45, 2.75) is 48.5 Å². The highest BCUT2D eigenvalue weighted by Crippen LogP contribution is 2.54. The average molecular weight is 472 g/mol. The standard InChI is InChI=1S/C24H29N3O5S/c1-27-12-8-17(9-13-27)32-20-15-16(14-18-22(20)25-23(28)24(18)10-5-11-24)26-33(29,30)21-7-4-3-6-19(21)31-2/h3-4,6-7,14-15,17,26H,5,8-13H2,1-2H3,(H,25,28). The van der Waals surface area contributed by atoms with Crippen LogP contribution in [0.15, 0.2) is 41.3 Å². The van der Waals surface area contributed by atoms with Crippen LogP contribution in [0.2, 0.25) is 0 Å². The Labute approximate surface area is 194 Å². The summed E-state index contributed by atoms with van der Waals surface area (Å²) < 4.78 is 40.7. The molecule has 5 rings (SSSR count). The number of carbonyl (C=O) groups is 1. The first-order valence-electron chi connectivity index (χ1n) is 11.3. The summed E-state index contributed by atoms with van der Waals surface area (Å²) in [4.78, 5) is 15.2. The summed E-state index contributed by atoms with van der Waals surface area (Å²) in [7, 11) is -0.388. The summed E-state index contributed by atoms with van der Waals surface area (Å²) in [6.07, 6.45) is 4.24. The van der Waals surface area contributed by atoms with E-state index in [0.717, 1.165) is 50.8 Å². The molecule has 1 saturated carbocycles. The number of hydrogen-bond donors (Lipinski definition) is 2. The molecule has 2 aromatic rings. The molecule has 2 aromatic carbocycles. The minimum atomic E-state index is -3.91. The van der Waals surface area contributed by atoms with Gasteiger partial charge in [0, 0.05) is 19.2 Å². The number of fused-ring (bicyclic) bond motifs is 2. The zero-order chi connectivity index (χ0) is 23.2. The number of para-hydroxylation sites is 1. The normalized spacial score (nSPS) is 20.1. The quantitative estimate of drug-likeness (QED) is 0.671. The van der Waals surface area contributed by atoms with Crippen LogP contribution in [0.3, 0.4) is 0 Å². The Morgan fingerprint density at radius 2 is 1.85 bits per heavy atom. The van der Waals surface area contributed by atoms with Crippen molar-refractivity contribution in [3.05, 3.63) is 42.0 Å². The summed E-state index contributed by atoms with van der Waals surface area (Å²) in [5, 5.41) is 3.03. The van der Waals surface area contributed by atoms with Crippen LogP contribution in [0, 0.1) is 0 Å². The summed E-state index contributed by atoms with van der Waals surface area (Å²) in [5.41, 5.74) is 1.29. The molecular formula is C24H29N3O5S. The monoisotopic (exact) mass is 471 g/mol. The smallest absolute Gasteiger partial charge is 0.265 e. The van der Waals surface area contributed by atoms with Gasteiger partial charge in [0.25, 0.3) is 10.0 Å². The Hall–Kier alpha value is -2.78. The number of likely N-dealkylation sites (tertiary alicyclic amines) is 1. The first kappa shape index (κ1) is 22.0. The molecule has 2 heterocycles. The molecule has 2 fully saturated rings. The number of nitrogens with zero attached hydrogens (tertiary/aromatic N) is 1. The van der Waals surface area contributed by atoms with Gasteiger partial charge in [0.2, 0.25) is 5.91 Å². The molecule has 1 saturated heterocycles. The Balaban J connectivity index is 1.52. The Bertz CT molecular complexity index is 1180. The number of ether oxygens (including phenoxy) is 2. The SMILES string of the molecule is COc1ccccc1S(=O)(=O)Nc1cc(OC2CCN(C)CC2)c2c(c1)C1(CCC1)C(=O)N2. The first-order valence-corrected chi connectivity index (χ1v) is 12.8. The Kier molecular flexibility index (Phi) is 5.49. The molecule has 0 bridgehead atoms. The molecule has 2 N–H and O–H groups in total. The lowest BCUT2D eigenvalue weighted by molar-refractivity contribution is -0.123. The predicted molar refractivity (Wildman–Crippen MR) is 126 cm³/mol. The van der Waals surface area contributed by atoms with Crippen molar-refractivity contribution in [1.29, 1.82) is 0 Å². The van der Waals surface area contributed by atoms with Crippen molar-refractivity contribution in [1.82, 2.24) is 4.90 Å². The molecule has 0 unspecified atom stereocenters. The van der Waals surface area contributed by atoms with E-state index in [-0.39, 0.29) is 22.7 Å². The fourth-order valence-electron chi connectivity index (χ4n) is 4.99. The number of rotatable bonds is 6. The van der Waals surface area contributed by atoms with Crippen LogP contribution in [0.25, 0.3) is 0 Å². The van der Waals surface area contributed by atoms with Gasteiger partial charge in [-0.15, -0.1) is 0 Å². The summed E-state index contributed by atoms with van der Waals surface area (Å²) in [5.74, 6) is 0.764. The van der Waals surface area contributed by atoms with Crippen LogP contribution >= 0.6 is 0 Å². The second-order valence-corrected chi connectivity index (χ2v) is 10.8. The minimum absolute atomic E-state index is 0.0150. The molecule has 9 heteroatoms. The van der Waals surface area contributed by atoms with E-state index in [1.807, 2.05) is 0 Å². The second-order valence-electron chi connectivity index (χ2n) is 9.16. The van der Waals surface area contributed by atoms with Crippen LogP contribution in [-0.4, -0.2) is 52.6 Å². The van der Waals surface area contributed by atoms with Gasteiger partial charge in [0.1, 0.15) is 22.5 Å². The maximum atomic E-state index is 13.2. The largest absolute Gasteiger partial charge is 0.495 e. The topological polar surface area (TPSA) is 97.0 Å². The third kappa shape index (κ3) is 3.83. The highest BCUT2D eigenvalue weighted by atomic mass is 32.2. The van der Waals surface area contributed by atoms with E-state index in [9.17, 15) is 13.2 Å². The molecule has 1 spiro atoms. The van der Waals surface area contributed by atoms with Crippen molar-refractivity contribution in [3.8, 4) is 11.5 Å². The van der Waals surface area contributed by atoms with E-state index in [1.165, 1.54) is 13.2 Å². The molecule has 0 aromatic heterocycles. The van der Waals surface area contributed by atoms with Crippen molar-refractivity contribution >= 4 is 27.3 Å². The van der Waals surface area contributed by atoms with E-state index in [4.69, 9.17) is 9.47 Å². The van der Waals surface area contributed by atoms with Gasteiger partial charge in [-0.25, -0.2) is 8.42 Å². The number of benzene rings is 2. The van der Waals surface area contributed by atoms with Gasteiger partial charge < -0.3 is 19.7 Å². The maximum absolute atomic E-state index is 13.2. The van der Waals surface area contributed by atoms with E-state index in [2.05, 4.69) is 22.0 Å². The Morgan fingerprint density at radius 3 is 2.52 bits per heavy atom. The molecule has 176 valence electrons. The molecule has 0 radical (unpaired) electrons. The number of anilines is 2. The summed E-state index contributed by atoms with van der Waals surface area (Å²) in [6, 6.07) is 9.95. The highest BCUT2D eigenvalue weighted by molar-refractivity contribution is 7.92. The third-order valence-corrected chi connectivity index (χ3v) is 8.49. The van der Waals surface area contributed by atoms with Gasteiger partial charge in [0.15, 0.2) is 0 Å². The van der Waals surface area contributed by atoms with Gasteiger partial charge >= 0.3 is 0 Å². The fraction of sp³-hybridized carbons (Fsp3) is 0.458. The van der Waals surface area contributed by atoms with Gasteiger partial charge in [-0.2, -0.15) is 0 Å². The molecule has 0 atom stereocenters. The van der Waals surface area contributed by atoms with E-state index in [1.54, 1.807) is 30.3 Å². The fourth-order valence-corrected chi connectivity index (χ4v) is 6.20. The molecule has 2 aliphatic heterocycles. The van der Waals surface area contributed by atoms with Crippen LogP contribution < -0.4 is 19.5 Å². The van der Waals surface area contributed by atoms with Crippen molar-refractivity contribution in [2.75, 3.05) is 37.3 Å². The van der Waals surface area contributed by atoms with Gasteiger partial charge in [0.05, 0.1) is 23.9 Å². The molecule has 1 aliphatic carbocycles. The van der Waals surface area contributed by atoms with Crippen LogP contribution in [0.1, 0.15) is 37.7 Å². The number of hydrogen-bond acceptors (Lipinski definition) is 6. The van der Waals surface area contributed by atoms with Gasteiger partial charge in [-0.05, 0) is 56.5 Å². The van der Waals surface area contributed by atoms with E-state index < -0.39 is 15.4 Å². The summed E-state index contributed by atoms with van der Waals surface area (Å²) >= 11 is 0. The number of nitrogens with one attached hydrogen (secondary N) is 2. The zero-order valence-electron chi connectivity index (χ0n) is 18.9. The number of sulfonamides is 1. The van der Waals surface area contributed by atoms with Crippen LogP contribution in [0.5, 0.6) is 11.5 Å². The lowest BCUT2D eigenvalue weighted by Crippen LogP contribution is -2.40. The van der Waals surface area contributed by atoms with Gasteiger partial charge in [-0.3, -0.25) is 9.52 Å². The molecular weight excluding hydrogens is 442 g/mol. The zero-order valence-corrected chi connectivity index (χ0v) is 19.7. The summed E-state index contributed by atoms with van der Waals surface area (Å²) in [6.45, 7) is 1.87. The lowest BCUT2D eigenvalue weighted by atomic mass is 9.65. The second kappa shape index (κ2) is 8.22. The van der Waals surface area contributed by atoms with Crippen molar-refractivity contribution in [2.24, 2.45) is 0 Å². The number of amides is 1. The number of methoxy groups -OCH3 is 1. The lowest BCUT2D eigenvalue weighted by Gasteiger charge is -2.36. The van der Waals surface area contributed by atoms with Crippen LogP contribution in [-0.2, 0) is 20.2 Å². The van der Waals surface area contributed by atoms with Crippen molar-refractivity contribution in [3.63, 3.8) is 0 Å².